The zero-order valence-electron chi connectivity index (χ0n) is 11.2. The quantitative estimate of drug-likeness (QED) is 0.658. The number of amides is 1. The minimum atomic E-state index is -0.131. The molecule has 0 saturated carbocycles. The molecule has 5 heteroatoms. The zero-order valence-corrected chi connectivity index (χ0v) is 12.0. The van der Waals surface area contributed by atoms with E-state index in [1.807, 2.05) is 0 Å². The largest absolute Gasteiger partial charge is 0.399 e. The molecule has 1 aliphatic rings. The summed E-state index contributed by atoms with van der Waals surface area (Å²) in [6, 6.07) is 6.91. The molecule has 20 heavy (non-hydrogen) atoms. The lowest BCUT2D eigenvalue weighted by Gasteiger charge is -2.02. The minimum absolute atomic E-state index is 0.131. The second kappa shape index (κ2) is 5.63. The first-order chi connectivity index (χ1) is 9.72. The number of hydrogen-bond donors (Lipinski definition) is 2. The molecule has 0 spiro atoms. The molecule has 1 heterocycles. The predicted octanol–water partition coefficient (Wildman–Crippen LogP) is 3.25. The number of nitrogens with one attached hydrogen (secondary N) is 1. The molecule has 3 rings (SSSR count). The average Bonchev–Trinajstić information content (AvgIpc) is 2.68. The summed E-state index contributed by atoms with van der Waals surface area (Å²) < 4.78 is 0. The topological polar surface area (TPSA) is 68.0 Å². The molecule has 0 radical (unpaired) electrons. The van der Waals surface area contributed by atoms with Gasteiger partial charge in [0.05, 0.1) is 5.69 Å². The van der Waals surface area contributed by atoms with Crippen LogP contribution in [0.4, 0.5) is 10.8 Å². The van der Waals surface area contributed by atoms with Gasteiger partial charge in [-0.15, -0.1) is 11.3 Å². The molecule has 0 fully saturated rings. The van der Waals surface area contributed by atoms with Crippen LogP contribution in [0.5, 0.6) is 0 Å². The van der Waals surface area contributed by atoms with Crippen molar-refractivity contribution in [3.8, 4) is 0 Å². The van der Waals surface area contributed by atoms with Crippen molar-refractivity contribution < 1.29 is 4.79 Å². The number of anilines is 2. The Morgan fingerprint density at radius 1 is 1.15 bits per heavy atom. The van der Waals surface area contributed by atoms with Gasteiger partial charge in [0.25, 0.3) is 5.91 Å². The van der Waals surface area contributed by atoms with E-state index in [0.717, 1.165) is 12.8 Å². The number of nitrogens with two attached hydrogens (primary N) is 1. The zero-order chi connectivity index (χ0) is 13.9. The normalized spacial score (nSPS) is 14.4. The average molecular weight is 287 g/mol. The van der Waals surface area contributed by atoms with Crippen molar-refractivity contribution in [3.63, 3.8) is 0 Å². The Hall–Kier alpha value is -1.88. The van der Waals surface area contributed by atoms with E-state index in [1.165, 1.54) is 29.8 Å². The lowest BCUT2D eigenvalue weighted by atomic mass is 10.2. The first-order valence-electron chi connectivity index (χ1n) is 6.88. The third-order valence-electron chi connectivity index (χ3n) is 3.49. The first-order valence-corrected chi connectivity index (χ1v) is 7.69. The Bertz CT molecular complexity index is 595. The molecular weight excluding hydrogens is 270 g/mol. The molecule has 4 nitrogen and oxygen atoms in total. The third kappa shape index (κ3) is 2.82. The Morgan fingerprint density at radius 2 is 1.90 bits per heavy atom. The molecule has 0 bridgehead atoms. The summed E-state index contributed by atoms with van der Waals surface area (Å²) in [6.45, 7) is 0. The second-order valence-electron chi connectivity index (χ2n) is 5.03. The van der Waals surface area contributed by atoms with E-state index in [9.17, 15) is 4.79 Å². The van der Waals surface area contributed by atoms with E-state index in [2.05, 4.69) is 10.3 Å². The summed E-state index contributed by atoms with van der Waals surface area (Å²) in [5.74, 6) is -0.131. The number of rotatable bonds is 2. The molecular formula is C15H17N3OS. The van der Waals surface area contributed by atoms with E-state index in [1.54, 1.807) is 35.6 Å². The van der Waals surface area contributed by atoms with Crippen LogP contribution in [0.1, 0.15) is 40.2 Å². The molecule has 1 aliphatic carbocycles. The Morgan fingerprint density at radius 3 is 2.70 bits per heavy atom. The SMILES string of the molecule is Nc1ccc(C(=O)Nc2nc3c(s2)CCCCC3)cc1. The maximum absolute atomic E-state index is 12.1. The van der Waals surface area contributed by atoms with Gasteiger partial charge in [0.2, 0.25) is 0 Å². The third-order valence-corrected chi connectivity index (χ3v) is 4.56. The number of carbonyl (C=O) groups excluding carboxylic acids is 1. The van der Waals surface area contributed by atoms with Gasteiger partial charge >= 0.3 is 0 Å². The first kappa shape index (κ1) is 13.1. The van der Waals surface area contributed by atoms with Gasteiger partial charge < -0.3 is 5.73 Å². The summed E-state index contributed by atoms with van der Waals surface area (Å²) in [6.07, 6.45) is 5.81. The summed E-state index contributed by atoms with van der Waals surface area (Å²) >= 11 is 1.61. The van der Waals surface area contributed by atoms with Crippen molar-refractivity contribution in [2.24, 2.45) is 0 Å². The summed E-state index contributed by atoms with van der Waals surface area (Å²) in [4.78, 5) is 18.0. The fraction of sp³-hybridized carbons (Fsp3) is 0.333. The number of hydrogen-bond acceptors (Lipinski definition) is 4. The second-order valence-corrected chi connectivity index (χ2v) is 6.11. The molecule has 1 amide bonds. The summed E-state index contributed by atoms with van der Waals surface area (Å²) in [5, 5.41) is 3.59. The van der Waals surface area contributed by atoms with Crippen LogP contribution < -0.4 is 11.1 Å². The van der Waals surface area contributed by atoms with Crippen molar-refractivity contribution in [2.45, 2.75) is 32.1 Å². The molecule has 0 saturated heterocycles. The maximum Gasteiger partial charge on any atom is 0.257 e. The smallest absolute Gasteiger partial charge is 0.257 e. The van der Waals surface area contributed by atoms with E-state index in [0.29, 0.717) is 16.4 Å². The lowest BCUT2D eigenvalue weighted by molar-refractivity contribution is 0.102. The highest BCUT2D eigenvalue weighted by molar-refractivity contribution is 7.15. The number of benzene rings is 1. The van der Waals surface area contributed by atoms with Crippen molar-refractivity contribution in [1.82, 2.24) is 4.98 Å². The van der Waals surface area contributed by atoms with Crippen molar-refractivity contribution in [3.05, 3.63) is 40.4 Å². The van der Waals surface area contributed by atoms with Gasteiger partial charge in [-0.3, -0.25) is 10.1 Å². The highest BCUT2D eigenvalue weighted by atomic mass is 32.1. The molecule has 0 atom stereocenters. The van der Waals surface area contributed by atoms with Gasteiger partial charge in [-0.2, -0.15) is 0 Å². The lowest BCUT2D eigenvalue weighted by Crippen LogP contribution is -2.11. The molecule has 0 unspecified atom stereocenters. The van der Waals surface area contributed by atoms with Crippen molar-refractivity contribution in [1.29, 1.82) is 0 Å². The highest BCUT2D eigenvalue weighted by Gasteiger charge is 2.15. The van der Waals surface area contributed by atoms with Crippen molar-refractivity contribution in [2.75, 3.05) is 11.1 Å². The molecule has 104 valence electrons. The predicted molar refractivity (Wildman–Crippen MR) is 82.2 cm³/mol. The van der Waals surface area contributed by atoms with Gasteiger partial charge in [-0.05, 0) is 49.9 Å². The Labute approximate surface area is 122 Å². The van der Waals surface area contributed by atoms with Crippen LogP contribution in [0.3, 0.4) is 0 Å². The van der Waals surface area contributed by atoms with E-state index >= 15 is 0 Å². The van der Waals surface area contributed by atoms with Crippen LogP contribution in [0.15, 0.2) is 24.3 Å². The van der Waals surface area contributed by atoms with Crippen LogP contribution in [-0.2, 0) is 12.8 Å². The number of nitrogens with zero attached hydrogens (tertiary/aromatic N) is 1. The van der Waals surface area contributed by atoms with Gasteiger partial charge in [0.1, 0.15) is 0 Å². The van der Waals surface area contributed by atoms with E-state index in [4.69, 9.17) is 5.73 Å². The highest BCUT2D eigenvalue weighted by Crippen LogP contribution is 2.29. The fourth-order valence-corrected chi connectivity index (χ4v) is 3.43. The number of carbonyl (C=O) groups is 1. The molecule has 1 aromatic carbocycles. The van der Waals surface area contributed by atoms with E-state index < -0.39 is 0 Å². The van der Waals surface area contributed by atoms with E-state index in [-0.39, 0.29) is 5.91 Å². The maximum atomic E-state index is 12.1. The number of fused-ring (bicyclic) bond motifs is 1. The minimum Gasteiger partial charge on any atom is -0.399 e. The summed E-state index contributed by atoms with van der Waals surface area (Å²) in [5.41, 5.74) is 8.04. The van der Waals surface area contributed by atoms with Gasteiger partial charge in [0.15, 0.2) is 5.13 Å². The van der Waals surface area contributed by atoms with Gasteiger partial charge in [0, 0.05) is 16.1 Å². The Kier molecular flexibility index (Phi) is 3.69. The standard InChI is InChI=1S/C15H17N3OS/c16-11-8-6-10(7-9-11)14(19)18-15-17-12-4-2-1-3-5-13(12)20-15/h6-9H,1-5,16H2,(H,17,18,19). The molecule has 1 aromatic heterocycles. The Balaban J connectivity index is 1.74. The number of aryl methyl sites for hydroxylation is 2. The fourth-order valence-electron chi connectivity index (χ4n) is 2.39. The van der Waals surface area contributed by atoms with Crippen LogP contribution in [0.2, 0.25) is 0 Å². The van der Waals surface area contributed by atoms with Gasteiger partial charge in [-0.25, -0.2) is 4.98 Å². The molecule has 3 N–H and O–H groups in total. The van der Waals surface area contributed by atoms with Gasteiger partial charge in [-0.1, -0.05) is 6.42 Å². The number of thiazole rings is 1. The van der Waals surface area contributed by atoms with Crippen LogP contribution in [0, 0.1) is 0 Å². The summed E-state index contributed by atoms with van der Waals surface area (Å²) in [7, 11) is 0. The van der Waals surface area contributed by atoms with Crippen LogP contribution >= 0.6 is 11.3 Å². The molecule has 0 aliphatic heterocycles. The molecule has 2 aromatic rings. The number of nitrogen functional groups attached to an aromatic ring is 1. The number of aromatic nitrogens is 1. The van der Waals surface area contributed by atoms with Crippen LogP contribution in [-0.4, -0.2) is 10.9 Å². The van der Waals surface area contributed by atoms with Crippen molar-refractivity contribution >= 4 is 28.1 Å². The van der Waals surface area contributed by atoms with Crippen LogP contribution in [0.25, 0.3) is 0 Å². The monoisotopic (exact) mass is 287 g/mol.